The van der Waals surface area contributed by atoms with Gasteiger partial charge in [0.15, 0.2) is 4.77 Å². The molecule has 0 radical (unpaired) electrons. The number of imidazole rings is 1. The maximum Gasteiger partial charge on any atom is 0.251 e. The van der Waals surface area contributed by atoms with Crippen LogP contribution in [0.15, 0.2) is 60.9 Å². The Morgan fingerprint density at radius 1 is 1.10 bits per heavy atom. The number of amides is 2. The van der Waals surface area contributed by atoms with Crippen molar-refractivity contribution in [3.05, 3.63) is 76.8 Å². The van der Waals surface area contributed by atoms with Crippen molar-refractivity contribution in [1.29, 1.82) is 0 Å². The van der Waals surface area contributed by atoms with Crippen LogP contribution in [0.3, 0.4) is 0 Å². The number of H-pyrrole nitrogens is 1. The Kier molecular flexibility index (Phi) is 5.98. The molecule has 150 valence electrons. The molecule has 2 amide bonds. The molecule has 0 bridgehead atoms. The van der Waals surface area contributed by atoms with E-state index in [0.717, 1.165) is 11.3 Å². The molecule has 1 heterocycles. The Morgan fingerprint density at radius 3 is 2.45 bits per heavy atom. The van der Waals surface area contributed by atoms with Crippen molar-refractivity contribution in [3.8, 4) is 5.69 Å². The minimum atomic E-state index is -0.306. The molecule has 0 saturated heterocycles. The van der Waals surface area contributed by atoms with Crippen molar-refractivity contribution in [2.75, 3.05) is 11.9 Å². The van der Waals surface area contributed by atoms with Gasteiger partial charge in [-0.1, -0.05) is 39.0 Å². The van der Waals surface area contributed by atoms with Crippen molar-refractivity contribution >= 4 is 29.7 Å². The smallest absolute Gasteiger partial charge is 0.251 e. The number of carbonyl (C=O) groups is 2. The molecule has 1 aromatic heterocycles. The molecule has 0 saturated carbocycles. The lowest BCUT2D eigenvalue weighted by Gasteiger charge is -2.19. The topological polar surface area (TPSA) is 78.9 Å². The summed E-state index contributed by atoms with van der Waals surface area (Å²) in [6, 6.07) is 14.7. The minimum absolute atomic E-state index is 0.0219. The third-order valence-electron chi connectivity index (χ3n) is 4.48. The highest BCUT2D eigenvalue weighted by Crippen LogP contribution is 2.22. The average molecular weight is 409 g/mol. The van der Waals surface area contributed by atoms with Crippen LogP contribution in [0.25, 0.3) is 5.69 Å². The molecule has 3 aromatic rings. The Balaban J connectivity index is 1.58. The predicted molar refractivity (Wildman–Crippen MR) is 117 cm³/mol. The monoisotopic (exact) mass is 408 g/mol. The molecular formula is C22H24N4O2S. The van der Waals surface area contributed by atoms with Crippen LogP contribution in [-0.4, -0.2) is 27.9 Å². The van der Waals surface area contributed by atoms with Crippen LogP contribution in [0.1, 0.15) is 36.7 Å². The lowest BCUT2D eigenvalue weighted by Crippen LogP contribution is -2.32. The van der Waals surface area contributed by atoms with Gasteiger partial charge in [0.05, 0.1) is 6.54 Å². The van der Waals surface area contributed by atoms with Gasteiger partial charge in [-0.2, -0.15) is 0 Å². The van der Waals surface area contributed by atoms with Crippen LogP contribution >= 0.6 is 12.2 Å². The second-order valence-corrected chi connectivity index (χ2v) is 8.13. The molecular weight excluding hydrogens is 384 g/mol. The van der Waals surface area contributed by atoms with Gasteiger partial charge in [-0.25, -0.2) is 0 Å². The van der Waals surface area contributed by atoms with Crippen LogP contribution in [0.4, 0.5) is 5.69 Å². The van der Waals surface area contributed by atoms with E-state index in [1.54, 1.807) is 29.0 Å². The van der Waals surface area contributed by atoms with Gasteiger partial charge in [0.25, 0.3) is 5.91 Å². The number of aromatic nitrogens is 2. The summed E-state index contributed by atoms with van der Waals surface area (Å²) in [5, 5.41) is 5.44. The van der Waals surface area contributed by atoms with Crippen LogP contribution in [0, 0.1) is 4.77 Å². The zero-order valence-electron chi connectivity index (χ0n) is 16.7. The lowest BCUT2D eigenvalue weighted by atomic mass is 9.87. The van der Waals surface area contributed by atoms with Gasteiger partial charge in [0.1, 0.15) is 0 Å². The number of nitrogens with zero attached hydrogens (tertiary/aromatic N) is 1. The van der Waals surface area contributed by atoms with Crippen molar-refractivity contribution in [1.82, 2.24) is 14.9 Å². The van der Waals surface area contributed by atoms with E-state index in [1.165, 1.54) is 0 Å². The summed E-state index contributed by atoms with van der Waals surface area (Å²) in [6.07, 6.45) is 3.56. The Bertz CT molecular complexity index is 1070. The number of hydrogen-bond donors (Lipinski definition) is 3. The molecule has 0 fully saturated rings. The van der Waals surface area contributed by atoms with E-state index in [4.69, 9.17) is 12.2 Å². The first-order chi connectivity index (χ1) is 13.7. The number of rotatable bonds is 5. The molecule has 0 aliphatic carbocycles. The average Bonchev–Trinajstić information content (AvgIpc) is 3.12. The van der Waals surface area contributed by atoms with Crippen molar-refractivity contribution in [2.45, 2.75) is 26.2 Å². The number of anilines is 1. The van der Waals surface area contributed by atoms with Crippen LogP contribution in [-0.2, 0) is 10.2 Å². The van der Waals surface area contributed by atoms with Crippen LogP contribution < -0.4 is 10.6 Å². The normalized spacial score (nSPS) is 11.1. The van der Waals surface area contributed by atoms with Gasteiger partial charge in [0.2, 0.25) is 5.91 Å². The summed E-state index contributed by atoms with van der Waals surface area (Å²) in [5.41, 5.74) is 3.15. The van der Waals surface area contributed by atoms with E-state index in [9.17, 15) is 9.59 Å². The largest absolute Gasteiger partial charge is 0.343 e. The predicted octanol–water partition coefficient (Wildman–Crippen LogP) is 4.20. The standard InChI is InChI=1S/C22H24N4O2S/c1-22(2,3)16-9-7-15(8-10-16)20(28)24-14-19(27)25-17-5-4-6-18(13-17)26-12-11-23-21(26)29/h4-13H,14H2,1-3H3,(H,23,29)(H,24,28)(H,25,27). The third kappa shape index (κ3) is 5.20. The van der Waals surface area contributed by atoms with Gasteiger partial charge < -0.3 is 15.6 Å². The zero-order valence-corrected chi connectivity index (χ0v) is 17.5. The quantitative estimate of drug-likeness (QED) is 0.554. The first-order valence-corrected chi connectivity index (χ1v) is 9.70. The van der Waals surface area contributed by atoms with Crippen molar-refractivity contribution in [2.24, 2.45) is 0 Å². The lowest BCUT2D eigenvalue weighted by molar-refractivity contribution is -0.115. The van der Waals surface area contributed by atoms with Gasteiger partial charge in [-0.05, 0) is 53.5 Å². The third-order valence-corrected chi connectivity index (χ3v) is 4.79. The molecule has 6 nitrogen and oxygen atoms in total. The molecule has 0 spiro atoms. The van der Waals surface area contributed by atoms with E-state index in [0.29, 0.717) is 16.0 Å². The van der Waals surface area contributed by atoms with E-state index in [1.807, 2.05) is 36.5 Å². The highest BCUT2D eigenvalue weighted by molar-refractivity contribution is 7.71. The molecule has 3 N–H and O–H groups in total. The van der Waals surface area contributed by atoms with Gasteiger partial charge in [-0.15, -0.1) is 0 Å². The molecule has 0 aliphatic rings. The first-order valence-electron chi connectivity index (χ1n) is 9.29. The van der Waals surface area contributed by atoms with Gasteiger partial charge >= 0.3 is 0 Å². The number of benzene rings is 2. The fraction of sp³-hybridized carbons (Fsp3) is 0.227. The molecule has 0 unspecified atom stereocenters. The molecule has 0 aliphatic heterocycles. The summed E-state index contributed by atoms with van der Waals surface area (Å²) >= 11 is 5.22. The van der Waals surface area contributed by atoms with E-state index < -0.39 is 0 Å². The number of carbonyl (C=O) groups excluding carboxylic acids is 2. The summed E-state index contributed by atoms with van der Waals surface area (Å²) in [7, 11) is 0. The fourth-order valence-electron chi connectivity index (χ4n) is 2.85. The molecule has 2 aromatic carbocycles. The Labute approximate surface area is 175 Å². The van der Waals surface area contributed by atoms with Crippen molar-refractivity contribution < 1.29 is 9.59 Å². The van der Waals surface area contributed by atoms with Crippen LogP contribution in [0.2, 0.25) is 0 Å². The molecule has 7 heteroatoms. The summed E-state index contributed by atoms with van der Waals surface area (Å²) in [4.78, 5) is 27.5. The summed E-state index contributed by atoms with van der Waals surface area (Å²) in [5.74, 6) is -0.590. The fourth-order valence-corrected chi connectivity index (χ4v) is 3.08. The maximum absolute atomic E-state index is 12.3. The second kappa shape index (κ2) is 8.45. The Morgan fingerprint density at radius 2 is 1.83 bits per heavy atom. The second-order valence-electron chi connectivity index (χ2n) is 7.74. The Hall–Kier alpha value is -3.19. The minimum Gasteiger partial charge on any atom is -0.343 e. The highest BCUT2D eigenvalue weighted by atomic mass is 32.1. The zero-order chi connectivity index (χ0) is 21.0. The van der Waals surface area contributed by atoms with Gasteiger partial charge in [-0.3, -0.25) is 14.2 Å². The number of nitrogens with one attached hydrogen (secondary N) is 3. The highest BCUT2D eigenvalue weighted by Gasteiger charge is 2.14. The number of hydrogen-bond acceptors (Lipinski definition) is 3. The molecule has 0 atom stereocenters. The van der Waals surface area contributed by atoms with E-state index >= 15 is 0 Å². The van der Waals surface area contributed by atoms with E-state index in [2.05, 4.69) is 36.4 Å². The van der Waals surface area contributed by atoms with E-state index in [-0.39, 0.29) is 23.8 Å². The summed E-state index contributed by atoms with van der Waals surface area (Å²) < 4.78 is 2.37. The molecule has 29 heavy (non-hydrogen) atoms. The van der Waals surface area contributed by atoms with Gasteiger partial charge in [0, 0.05) is 29.3 Å². The molecule has 3 rings (SSSR count). The maximum atomic E-state index is 12.3. The SMILES string of the molecule is CC(C)(C)c1ccc(C(=O)NCC(=O)Nc2cccc(-n3cc[nH]c3=S)c2)cc1. The summed E-state index contributed by atoms with van der Waals surface area (Å²) in [6.45, 7) is 6.23. The number of aromatic amines is 1. The first kappa shape index (κ1) is 20.5. The van der Waals surface area contributed by atoms with Crippen molar-refractivity contribution in [3.63, 3.8) is 0 Å². The van der Waals surface area contributed by atoms with Crippen LogP contribution in [0.5, 0.6) is 0 Å².